The Kier molecular flexibility index (Phi) is 5.36. The zero-order valence-electron chi connectivity index (χ0n) is 9.52. The summed E-state index contributed by atoms with van der Waals surface area (Å²) in [4.78, 5) is 18.1. The summed E-state index contributed by atoms with van der Waals surface area (Å²) in [6.45, 7) is 4.40. The number of nitrogens with zero attached hydrogens (tertiary/aromatic N) is 2. The van der Waals surface area contributed by atoms with Gasteiger partial charge in [-0.05, 0) is 35.0 Å². The van der Waals surface area contributed by atoms with E-state index in [-0.39, 0.29) is 18.3 Å². The highest BCUT2D eigenvalue weighted by atomic mass is 79.9. The van der Waals surface area contributed by atoms with Gasteiger partial charge in [0.25, 0.3) is 5.91 Å². The summed E-state index contributed by atoms with van der Waals surface area (Å²) >= 11 is 3.35. The molecule has 94 valence electrons. The van der Waals surface area contributed by atoms with Gasteiger partial charge in [0.05, 0.1) is 0 Å². The summed E-state index contributed by atoms with van der Waals surface area (Å²) in [5.74, 6) is 0.000764. The van der Waals surface area contributed by atoms with E-state index >= 15 is 0 Å². The Balaban J connectivity index is 0.00000144. The Morgan fingerprint density at radius 3 is 3.06 bits per heavy atom. The molecule has 1 aliphatic heterocycles. The zero-order valence-corrected chi connectivity index (χ0v) is 11.9. The monoisotopic (exact) mass is 319 g/mol. The van der Waals surface area contributed by atoms with Gasteiger partial charge >= 0.3 is 0 Å². The molecule has 2 rings (SSSR count). The highest BCUT2D eigenvalue weighted by molar-refractivity contribution is 9.10. The number of halogens is 2. The maximum Gasteiger partial charge on any atom is 0.273 e. The second-order valence-electron chi connectivity index (χ2n) is 3.94. The van der Waals surface area contributed by atoms with Gasteiger partial charge in [0.2, 0.25) is 0 Å². The standard InChI is InChI=1S/C11H14BrN3O.ClH/c1-8-7-15(6-5-13-8)11(16)10-9(12)3-2-4-14-10;/h2-4,8,13H,5-7H2,1H3;1H/t8-;/m1./s1. The number of piperazine rings is 1. The molecule has 6 heteroatoms. The topological polar surface area (TPSA) is 45.2 Å². The third-order valence-corrected chi connectivity index (χ3v) is 3.26. The van der Waals surface area contributed by atoms with E-state index in [9.17, 15) is 4.79 Å². The summed E-state index contributed by atoms with van der Waals surface area (Å²) in [6.07, 6.45) is 1.64. The van der Waals surface area contributed by atoms with Crippen molar-refractivity contribution in [2.24, 2.45) is 0 Å². The van der Waals surface area contributed by atoms with Crippen LogP contribution >= 0.6 is 28.3 Å². The van der Waals surface area contributed by atoms with E-state index in [1.165, 1.54) is 0 Å². The van der Waals surface area contributed by atoms with Gasteiger partial charge < -0.3 is 10.2 Å². The number of nitrogens with one attached hydrogen (secondary N) is 1. The Hall–Kier alpha value is -0.650. The first kappa shape index (κ1) is 14.4. The van der Waals surface area contributed by atoms with Crippen molar-refractivity contribution in [1.82, 2.24) is 15.2 Å². The van der Waals surface area contributed by atoms with Gasteiger partial charge in [0.15, 0.2) is 0 Å². The number of rotatable bonds is 1. The van der Waals surface area contributed by atoms with E-state index in [1.807, 2.05) is 11.0 Å². The van der Waals surface area contributed by atoms with Crippen LogP contribution in [0.2, 0.25) is 0 Å². The molecule has 0 radical (unpaired) electrons. The number of amides is 1. The van der Waals surface area contributed by atoms with Crippen LogP contribution in [-0.2, 0) is 0 Å². The van der Waals surface area contributed by atoms with Crippen molar-refractivity contribution in [3.8, 4) is 0 Å². The maximum absolute atomic E-state index is 12.2. The van der Waals surface area contributed by atoms with E-state index in [4.69, 9.17) is 0 Å². The zero-order chi connectivity index (χ0) is 11.5. The highest BCUT2D eigenvalue weighted by Gasteiger charge is 2.23. The van der Waals surface area contributed by atoms with Gasteiger partial charge in [-0.15, -0.1) is 12.4 Å². The average molecular weight is 321 g/mol. The molecule has 1 amide bonds. The van der Waals surface area contributed by atoms with Crippen molar-refractivity contribution in [3.05, 3.63) is 28.5 Å². The Bertz CT molecular complexity index is 402. The summed E-state index contributed by atoms with van der Waals surface area (Å²) in [5.41, 5.74) is 0.497. The van der Waals surface area contributed by atoms with Crippen LogP contribution in [0, 0.1) is 0 Å². The first-order chi connectivity index (χ1) is 7.68. The first-order valence-electron chi connectivity index (χ1n) is 5.31. The van der Waals surface area contributed by atoms with Crippen molar-refractivity contribution >= 4 is 34.2 Å². The Labute approximate surface area is 115 Å². The molecule has 0 spiro atoms. The molecule has 0 unspecified atom stereocenters. The van der Waals surface area contributed by atoms with Gasteiger partial charge in [-0.2, -0.15) is 0 Å². The third kappa shape index (κ3) is 3.40. The third-order valence-electron chi connectivity index (χ3n) is 2.62. The lowest BCUT2D eigenvalue weighted by atomic mass is 10.2. The molecule has 0 bridgehead atoms. The van der Waals surface area contributed by atoms with Gasteiger partial charge in [0.1, 0.15) is 5.69 Å². The van der Waals surface area contributed by atoms with Crippen molar-refractivity contribution in [2.75, 3.05) is 19.6 Å². The lowest BCUT2D eigenvalue weighted by Gasteiger charge is -2.31. The lowest BCUT2D eigenvalue weighted by molar-refractivity contribution is 0.0702. The summed E-state index contributed by atoms with van der Waals surface area (Å²) < 4.78 is 0.756. The maximum atomic E-state index is 12.2. The molecule has 1 aromatic heterocycles. The van der Waals surface area contributed by atoms with Crippen LogP contribution in [0.3, 0.4) is 0 Å². The molecule has 1 aromatic rings. The van der Waals surface area contributed by atoms with Crippen molar-refractivity contribution in [3.63, 3.8) is 0 Å². The molecular weight excluding hydrogens is 305 g/mol. The number of carbonyl (C=O) groups excluding carboxylic acids is 1. The number of carbonyl (C=O) groups is 1. The minimum Gasteiger partial charge on any atom is -0.334 e. The Morgan fingerprint density at radius 1 is 1.65 bits per heavy atom. The fourth-order valence-corrected chi connectivity index (χ4v) is 2.23. The molecule has 2 heterocycles. The molecule has 1 N–H and O–H groups in total. The van der Waals surface area contributed by atoms with Crippen LogP contribution in [0.5, 0.6) is 0 Å². The predicted octanol–water partition coefficient (Wildman–Crippen LogP) is 1.70. The molecule has 1 atom stereocenters. The molecule has 0 saturated carbocycles. The van der Waals surface area contributed by atoms with E-state index in [0.717, 1.165) is 24.1 Å². The normalized spacial score (nSPS) is 19.6. The minimum atomic E-state index is 0. The summed E-state index contributed by atoms with van der Waals surface area (Å²) in [7, 11) is 0. The van der Waals surface area contributed by atoms with Gasteiger partial charge in [-0.25, -0.2) is 4.98 Å². The second-order valence-corrected chi connectivity index (χ2v) is 4.79. The van der Waals surface area contributed by atoms with Crippen LogP contribution < -0.4 is 5.32 Å². The highest BCUT2D eigenvalue weighted by Crippen LogP contribution is 2.16. The van der Waals surface area contributed by atoms with Crippen LogP contribution in [0.15, 0.2) is 22.8 Å². The van der Waals surface area contributed by atoms with Gasteiger partial charge in [0, 0.05) is 36.3 Å². The number of pyridine rings is 1. The van der Waals surface area contributed by atoms with Crippen molar-refractivity contribution < 1.29 is 4.79 Å². The lowest BCUT2D eigenvalue weighted by Crippen LogP contribution is -2.51. The van der Waals surface area contributed by atoms with E-state index in [2.05, 4.69) is 33.2 Å². The van der Waals surface area contributed by atoms with Crippen LogP contribution in [0.25, 0.3) is 0 Å². The molecule has 0 aliphatic carbocycles. The molecular formula is C11H15BrClN3O. The molecule has 0 aromatic carbocycles. The van der Waals surface area contributed by atoms with Gasteiger partial charge in [-0.3, -0.25) is 4.79 Å². The van der Waals surface area contributed by atoms with E-state index in [0.29, 0.717) is 11.7 Å². The molecule has 1 fully saturated rings. The average Bonchev–Trinajstić information content (AvgIpc) is 2.29. The van der Waals surface area contributed by atoms with Crippen LogP contribution in [0.4, 0.5) is 0 Å². The fourth-order valence-electron chi connectivity index (χ4n) is 1.81. The van der Waals surface area contributed by atoms with Gasteiger partial charge in [-0.1, -0.05) is 0 Å². The van der Waals surface area contributed by atoms with Crippen molar-refractivity contribution in [2.45, 2.75) is 13.0 Å². The summed E-state index contributed by atoms with van der Waals surface area (Å²) in [6, 6.07) is 3.99. The number of hydrogen-bond donors (Lipinski definition) is 1. The number of hydrogen-bond acceptors (Lipinski definition) is 3. The van der Waals surface area contributed by atoms with E-state index < -0.39 is 0 Å². The predicted molar refractivity (Wildman–Crippen MR) is 72.6 cm³/mol. The largest absolute Gasteiger partial charge is 0.334 e. The van der Waals surface area contributed by atoms with E-state index in [1.54, 1.807) is 12.3 Å². The molecule has 17 heavy (non-hydrogen) atoms. The smallest absolute Gasteiger partial charge is 0.273 e. The van der Waals surface area contributed by atoms with Crippen molar-refractivity contribution in [1.29, 1.82) is 0 Å². The molecule has 4 nitrogen and oxygen atoms in total. The first-order valence-corrected chi connectivity index (χ1v) is 6.11. The number of aromatic nitrogens is 1. The second kappa shape index (κ2) is 6.33. The van der Waals surface area contributed by atoms with Crippen LogP contribution in [0.1, 0.15) is 17.4 Å². The SMILES string of the molecule is C[C@@H]1CN(C(=O)c2ncccc2Br)CCN1.Cl. The quantitative estimate of drug-likeness (QED) is 0.856. The molecule has 1 saturated heterocycles. The molecule has 1 aliphatic rings. The summed E-state index contributed by atoms with van der Waals surface area (Å²) in [5, 5.41) is 3.31. The Morgan fingerprint density at radius 2 is 2.41 bits per heavy atom. The van der Waals surface area contributed by atoms with Crippen LogP contribution in [-0.4, -0.2) is 41.5 Å². The minimum absolute atomic E-state index is 0. The fraction of sp³-hybridized carbons (Fsp3) is 0.455.